The number of hydrogen-bond acceptors (Lipinski definition) is 3. The monoisotopic (exact) mass is 273 g/mol. The summed E-state index contributed by atoms with van der Waals surface area (Å²) in [7, 11) is 0. The zero-order valence-electron chi connectivity index (χ0n) is 11.8. The molecule has 0 aliphatic heterocycles. The molecular weight excluding hydrogens is 254 g/mol. The number of unbranched alkanes of at least 4 members (excludes halogenated alkanes) is 2. The molecule has 1 aromatic heterocycles. The predicted molar refractivity (Wildman–Crippen MR) is 76.7 cm³/mol. The van der Waals surface area contributed by atoms with Crippen molar-refractivity contribution in [3.8, 4) is 11.3 Å². The zero-order chi connectivity index (χ0) is 14.5. The van der Waals surface area contributed by atoms with Crippen molar-refractivity contribution in [1.29, 1.82) is 0 Å². The number of carboxylic acid groups (broad SMARTS) is 1. The fraction of sp³-hybridized carbons (Fsp3) is 0.400. The first-order valence-corrected chi connectivity index (χ1v) is 6.87. The lowest BCUT2D eigenvalue weighted by Gasteiger charge is -2.07. The van der Waals surface area contributed by atoms with Crippen molar-refractivity contribution >= 4 is 5.97 Å². The van der Waals surface area contributed by atoms with E-state index in [-0.39, 0.29) is 5.69 Å². The summed E-state index contributed by atoms with van der Waals surface area (Å²) in [6.45, 7) is 4.82. The van der Waals surface area contributed by atoms with Crippen LogP contribution in [0, 0.1) is 6.92 Å². The van der Waals surface area contributed by atoms with E-state index < -0.39 is 5.97 Å². The maximum atomic E-state index is 11.3. The minimum atomic E-state index is -1.04. The van der Waals surface area contributed by atoms with E-state index in [1.54, 1.807) is 4.68 Å². The highest BCUT2D eigenvalue weighted by Crippen LogP contribution is 2.23. The number of carbonyl (C=O) groups is 1. The zero-order valence-corrected chi connectivity index (χ0v) is 11.8. The standard InChI is InChI=1S/C15H19N3O2/c1-3-4-5-10-18-14(13(15(19)20)16-17-18)12-8-6-11(2)7-9-12/h6-9H,3-5,10H2,1-2H3,(H,19,20). The predicted octanol–water partition coefficient (Wildman–Crippen LogP) is 3.14. The summed E-state index contributed by atoms with van der Waals surface area (Å²) in [5, 5.41) is 17.1. The molecule has 0 atom stereocenters. The third kappa shape index (κ3) is 3.04. The van der Waals surface area contributed by atoms with Crippen LogP contribution in [-0.2, 0) is 6.54 Å². The molecule has 1 aromatic carbocycles. The largest absolute Gasteiger partial charge is 0.476 e. The van der Waals surface area contributed by atoms with Gasteiger partial charge in [0.25, 0.3) is 0 Å². The number of aromatic carboxylic acids is 1. The van der Waals surface area contributed by atoms with E-state index in [1.807, 2.05) is 31.2 Å². The molecule has 0 saturated heterocycles. The number of rotatable bonds is 6. The van der Waals surface area contributed by atoms with Gasteiger partial charge in [0.15, 0.2) is 5.69 Å². The molecule has 5 heteroatoms. The van der Waals surface area contributed by atoms with Gasteiger partial charge in [-0.3, -0.25) is 0 Å². The van der Waals surface area contributed by atoms with Crippen molar-refractivity contribution in [3.63, 3.8) is 0 Å². The molecule has 0 spiro atoms. The van der Waals surface area contributed by atoms with E-state index in [9.17, 15) is 9.90 Å². The van der Waals surface area contributed by atoms with Gasteiger partial charge in [-0.15, -0.1) is 5.10 Å². The van der Waals surface area contributed by atoms with Crippen molar-refractivity contribution < 1.29 is 9.90 Å². The average Bonchev–Trinajstić information content (AvgIpc) is 2.84. The van der Waals surface area contributed by atoms with Crippen LogP contribution in [0.2, 0.25) is 0 Å². The van der Waals surface area contributed by atoms with Crippen LogP contribution in [0.15, 0.2) is 24.3 Å². The maximum absolute atomic E-state index is 11.3. The van der Waals surface area contributed by atoms with Gasteiger partial charge < -0.3 is 5.11 Å². The smallest absolute Gasteiger partial charge is 0.358 e. The van der Waals surface area contributed by atoms with Crippen LogP contribution in [0.1, 0.15) is 42.2 Å². The minimum absolute atomic E-state index is 0.0188. The molecule has 0 aliphatic rings. The van der Waals surface area contributed by atoms with Crippen LogP contribution >= 0.6 is 0 Å². The van der Waals surface area contributed by atoms with Gasteiger partial charge in [0.1, 0.15) is 5.69 Å². The van der Waals surface area contributed by atoms with Crippen LogP contribution in [0.25, 0.3) is 11.3 Å². The Hall–Kier alpha value is -2.17. The van der Waals surface area contributed by atoms with E-state index in [1.165, 1.54) is 0 Å². The highest BCUT2D eigenvalue weighted by molar-refractivity contribution is 5.92. The van der Waals surface area contributed by atoms with Gasteiger partial charge in [0.2, 0.25) is 0 Å². The number of benzene rings is 1. The molecule has 2 aromatic rings. The molecule has 0 fully saturated rings. The van der Waals surface area contributed by atoms with Gasteiger partial charge in [0.05, 0.1) is 0 Å². The van der Waals surface area contributed by atoms with Crippen molar-refractivity contribution in [3.05, 3.63) is 35.5 Å². The molecule has 0 amide bonds. The Kier molecular flexibility index (Phi) is 4.50. The number of hydrogen-bond donors (Lipinski definition) is 1. The van der Waals surface area contributed by atoms with Gasteiger partial charge >= 0.3 is 5.97 Å². The van der Waals surface area contributed by atoms with Crippen molar-refractivity contribution in [2.24, 2.45) is 0 Å². The molecule has 1 heterocycles. The van der Waals surface area contributed by atoms with Crippen LogP contribution in [0.5, 0.6) is 0 Å². The summed E-state index contributed by atoms with van der Waals surface area (Å²) in [5.41, 5.74) is 2.59. The topological polar surface area (TPSA) is 68.0 Å². The fourth-order valence-electron chi connectivity index (χ4n) is 2.12. The van der Waals surface area contributed by atoms with Crippen molar-refractivity contribution in [1.82, 2.24) is 15.0 Å². The summed E-state index contributed by atoms with van der Waals surface area (Å²) < 4.78 is 1.70. The number of aryl methyl sites for hydroxylation is 2. The van der Waals surface area contributed by atoms with Crippen molar-refractivity contribution in [2.75, 3.05) is 0 Å². The Balaban J connectivity index is 2.38. The molecule has 5 nitrogen and oxygen atoms in total. The van der Waals surface area contributed by atoms with E-state index in [4.69, 9.17) is 0 Å². The third-order valence-electron chi connectivity index (χ3n) is 3.24. The summed E-state index contributed by atoms with van der Waals surface area (Å²) >= 11 is 0. The molecule has 106 valence electrons. The van der Waals surface area contributed by atoms with Crippen LogP contribution in [-0.4, -0.2) is 26.1 Å². The second kappa shape index (κ2) is 6.32. The first kappa shape index (κ1) is 14.2. The van der Waals surface area contributed by atoms with Crippen molar-refractivity contribution in [2.45, 2.75) is 39.7 Å². The van der Waals surface area contributed by atoms with Crippen LogP contribution in [0.3, 0.4) is 0 Å². The molecule has 20 heavy (non-hydrogen) atoms. The molecule has 0 aliphatic carbocycles. The third-order valence-corrected chi connectivity index (χ3v) is 3.24. The highest BCUT2D eigenvalue weighted by Gasteiger charge is 2.20. The quantitative estimate of drug-likeness (QED) is 0.821. The highest BCUT2D eigenvalue weighted by atomic mass is 16.4. The van der Waals surface area contributed by atoms with E-state index in [2.05, 4.69) is 17.2 Å². The number of aromatic nitrogens is 3. The molecule has 2 rings (SSSR count). The fourth-order valence-corrected chi connectivity index (χ4v) is 2.12. The second-order valence-corrected chi connectivity index (χ2v) is 4.89. The Bertz CT molecular complexity index is 588. The molecular formula is C15H19N3O2. The molecule has 0 unspecified atom stereocenters. The van der Waals surface area contributed by atoms with Gasteiger partial charge in [-0.2, -0.15) is 0 Å². The maximum Gasteiger partial charge on any atom is 0.358 e. The Morgan fingerprint density at radius 3 is 2.55 bits per heavy atom. The van der Waals surface area contributed by atoms with Gasteiger partial charge in [-0.05, 0) is 13.3 Å². The SMILES string of the molecule is CCCCCn1nnc(C(=O)O)c1-c1ccc(C)cc1. The van der Waals surface area contributed by atoms with E-state index in [0.717, 1.165) is 30.4 Å². The Labute approximate surface area is 118 Å². The first-order chi connectivity index (χ1) is 9.63. The summed E-state index contributed by atoms with van der Waals surface area (Å²) in [4.78, 5) is 11.3. The van der Waals surface area contributed by atoms with Crippen LogP contribution in [0.4, 0.5) is 0 Å². The second-order valence-electron chi connectivity index (χ2n) is 4.89. The molecule has 0 bridgehead atoms. The molecule has 0 saturated carbocycles. The minimum Gasteiger partial charge on any atom is -0.476 e. The van der Waals surface area contributed by atoms with Gasteiger partial charge in [0, 0.05) is 12.1 Å². The molecule has 0 radical (unpaired) electrons. The van der Waals surface area contributed by atoms with Gasteiger partial charge in [-0.1, -0.05) is 54.8 Å². The normalized spacial score (nSPS) is 10.7. The molecule has 1 N–H and O–H groups in total. The van der Waals surface area contributed by atoms with E-state index >= 15 is 0 Å². The Morgan fingerprint density at radius 2 is 1.95 bits per heavy atom. The summed E-state index contributed by atoms with van der Waals surface area (Å²) in [6.07, 6.45) is 3.17. The summed E-state index contributed by atoms with van der Waals surface area (Å²) in [5.74, 6) is -1.04. The van der Waals surface area contributed by atoms with Gasteiger partial charge in [-0.25, -0.2) is 9.48 Å². The summed E-state index contributed by atoms with van der Waals surface area (Å²) in [6, 6.07) is 7.75. The lowest BCUT2D eigenvalue weighted by atomic mass is 10.1. The first-order valence-electron chi connectivity index (χ1n) is 6.87. The lowest BCUT2D eigenvalue weighted by molar-refractivity contribution is 0.0691. The lowest BCUT2D eigenvalue weighted by Crippen LogP contribution is -2.05. The average molecular weight is 273 g/mol. The Morgan fingerprint density at radius 1 is 1.25 bits per heavy atom. The number of nitrogens with zero attached hydrogens (tertiary/aromatic N) is 3. The van der Waals surface area contributed by atoms with E-state index in [0.29, 0.717) is 12.2 Å². The number of carboxylic acids is 1. The van der Waals surface area contributed by atoms with Crippen LogP contribution < -0.4 is 0 Å².